The highest BCUT2D eigenvalue weighted by atomic mass is 79.9. The van der Waals surface area contributed by atoms with Gasteiger partial charge in [0, 0.05) is 33.0 Å². The van der Waals surface area contributed by atoms with Gasteiger partial charge in [-0.15, -0.1) is 22.7 Å². The second-order valence-electron chi connectivity index (χ2n) is 3.65. The van der Waals surface area contributed by atoms with Crippen molar-refractivity contribution in [2.75, 3.05) is 0 Å². The van der Waals surface area contributed by atoms with E-state index in [0.717, 1.165) is 15.2 Å². The first kappa shape index (κ1) is 12.2. The summed E-state index contributed by atoms with van der Waals surface area (Å²) in [6.45, 7) is 1.98. The SMILES string of the molecule is Cc1nc(CC(O)Cc2cc(Br)cs2)cs1. The number of thiophene rings is 1. The fourth-order valence-corrected chi connectivity index (χ4v) is 3.66. The first-order valence-electron chi connectivity index (χ1n) is 4.95. The molecule has 0 amide bonds. The summed E-state index contributed by atoms with van der Waals surface area (Å²) in [6, 6.07) is 2.06. The predicted molar refractivity (Wildman–Crippen MR) is 72.3 cm³/mol. The predicted octanol–water partition coefficient (Wildman–Crippen LogP) is 3.42. The normalized spacial score (nSPS) is 12.9. The summed E-state index contributed by atoms with van der Waals surface area (Å²) in [5.41, 5.74) is 0.991. The Morgan fingerprint density at radius 3 is 2.75 bits per heavy atom. The van der Waals surface area contributed by atoms with E-state index >= 15 is 0 Å². The maximum Gasteiger partial charge on any atom is 0.0897 e. The number of aliphatic hydroxyl groups is 1. The molecule has 2 heterocycles. The average Bonchev–Trinajstić information content (AvgIpc) is 2.76. The molecule has 0 aromatic carbocycles. The number of rotatable bonds is 4. The second-order valence-corrected chi connectivity index (χ2v) is 6.62. The molecule has 1 unspecified atom stereocenters. The third-order valence-corrected chi connectivity index (χ3v) is 4.71. The summed E-state index contributed by atoms with van der Waals surface area (Å²) >= 11 is 6.71. The van der Waals surface area contributed by atoms with Crippen molar-refractivity contribution in [3.8, 4) is 0 Å². The molecule has 0 aliphatic heterocycles. The first-order valence-corrected chi connectivity index (χ1v) is 7.50. The highest BCUT2D eigenvalue weighted by Crippen LogP contribution is 2.22. The number of halogens is 1. The van der Waals surface area contributed by atoms with Crippen molar-refractivity contribution >= 4 is 38.6 Å². The van der Waals surface area contributed by atoms with Crippen LogP contribution >= 0.6 is 38.6 Å². The lowest BCUT2D eigenvalue weighted by Gasteiger charge is -2.06. The van der Waals surface area contributed by atoms with Gasteiger partial charge in [0.25, 0.3) is 0 Å². The van der Waals surface area contributed by atoms with Crippen LogP contribution in [-0.2, 0) is 12.8 Å². The molecule has 0 aliphatic rings. The van der Waals surface area contributed by atoms with E-state index in [1.54, 1.807) is 22.7 Å². The Kier molecular flexibility index (Phi) is 4.13. The molecule has 86 valence electrons. The molecular formula is C11H12BrNOS2. The van der Waals surface area contributed by atoms with Gasteiger partial charge in [-0.1, -0.05) is 0 Å². The smallest absolute Gasteiger partial charge is 0.0897 e. The van der Waals surface area contributed by atoms with Gasteiger partial charge in [-0.3, -0.25) is 0 Å². The summed E-state index contributed by atoms with van der Waals surface area (Å²) in [4.78, 5) is 5.55. The van der Waals surface area contributed by atoms with Crippen LogP contribution in [-0.4, -0.2) is 16.2 Å². The Morgan fingerprint density at radius 1 is 1.38 bits per heavy atom. The van der Waals surface area contributed by atoms with Gasteiger partial charge in [0.15, 0.2) is 0 Å². The van der Waals surface area contributed by atoms with Gasteiger partial charge in [-0.05, 0) is 28.9 Å². The molecule has 16 heavy (non-hydrogen) atoms. The van der Waals surface area contributed by atoms with E-state index in [4.69, 9.17) is 0 Å². The number of nitrogens with zero attached hydrogens (tertiary/aromatic N) is 1. The quantitative estimate of drug-likeness (QED) is 0.937. The molecule has 0 fully saturated rings. The van der Waals surface area contributed by atoms with E-state index in [2.05, 4.69) is 27.0 Å². The van der Waals surface area contributed by atoms with E-state index in [9.17, 15) is 5.11 Å². The molecule has 0 aliphatic carbocycles. The van der Waals surface area contributed by atoms with Gasteiger partial charge in [-0.25, -0.2) is 4.98 Å². The van der Waals surface area contributed by atoms with Gasteiger partial charge >= 0.3 is 0 Å². The fraction of sp³-hybridized carbons (Fsp3) is 0.364. The number of hydrogen-bond donors (Lipinski definition) is 1. The minimum atomic E-state index is -0.341. The van der Waals surface area contributed by atoms with Gasteiger partial charge in [0.2, 0.25) is 0 Å². The number of hydrogen-bond acceptors (Lipinski definition) is 4. The number of aliphatic hydroxyl groups excluding tert-OH is 1. The molecule has 0 spiro atoms. The Bertz CT molecular complexity index is 424. The van der Waals surface area contributed by atoms with Crippen molar-refractivity contribution in [3.05, 3.63) is 36.9 Å². The van der Waals surface area contributed by atoms with Gasteiger partial charge in [0.05, 0.1) is 16.8 Å². The number of aryl methyl sites for hydroxylation is 1. The Hall–Kier alpha value is -0.230. The Balaban J connectivity index is 1.91. The molecule has 2 nitrogen and oxygen atoms in total. The van der Waals surface area contributed by atoms with Crippen LogP contribution in [0.2, 0.25) is 0 Å². The highest BCUT2D eigenvalue weighted by molar-refractivity contribution is 9.10. The van der Waals surface area contributed by atoms with E-state index < -0.39 is 0 Å². The monoisotopic (exact) mass is 317 g/mol. The summed E-state index contributed by atoms with van der Waals surface area (Å²) in [6.07, 6.45) is 0.999. The van der Waals surface area contributed by atoms with E-state index in [-0.39, 0.29) is 6.10 Å². The van der Waals surface area contributed by atoms with Crippen LogP contribution in [0.3, 0.4) is 0 Å². The van der Waals surface area contributed by atoms with Crippen molar-refractivity contribution < 1.29 is 5.11 Å². The molecule has 0 bridgehead atoms. The van der Waals surface area contributed by atoms with Crippen LogP contribution in [0.15, 0.2) is 21.3 Å². The summed E-state index contributed by atoms with van der Waals surface area (Å²) in [5.74, 6) is 0. The number of thiazole rings is 1. The lowest BCUT2D eigenvalue weighted by Crippen LogP contribution is -2.13. The molecule has 0 saturated carbocycles. The zero-order chi connectivity index (χ0) is 11.5. The van der Waals surface area contributed by atoms with Gasteiger partial charge in [0.1, 0.15) is 0 Å². The Labute approximate surface area is 111 Å². The van der Waals surface area contributed by atoms with Crippen LogP contribution in [0.1, 0.15) is 15.6 Å². The molecular weight excluding hydrogens is 306 g/mol. The largest absolute Gasteiger partial charge is 0.392 e. The molecule has 5 heteroatoms. The van der Waals surface area contributed by atoms with E-state index in [0.29, 0.717) is 12.8 Å². The van der Waals surface area contributed by atoms with E-state index in [1.807, 2.05) is 17.7 Å². The van der Waals surface area contributed by atoms with Crippen molar-refractivity contribution in [3.63, 3.8) is 0 Å². The molecule has 0 radical (unpaired) electrons. The minimum absolute atomic E-state index is 0.341. The van der Waals surface area contributed by atoms with Crippen LogP contribution in [0.4, 0.5) is 0 Å². The zero-order valence-corrected chi connectivity index (χ0v) is 12.0. The van der Waals surface area contributed by atoms with Crippen LogP contribution < -0.4 is 0 Å². The first-order chi connectivity index (χ1) is 7.63. The third kappa shape index (κ3) is 3.38. The average molecular weight is 318 g/mol. The highest BCUT2D eigenvalue weighted by Gasteiger charge is 2.10. The summed E-state index contributed by atoms with van der Waals surface area (Å²) in [5, 5.41) is 15.0. The molecule has 2 rings (SSSR count). The van der Waals surface area contributed by atoms with E-state index in [1.165, 1.54) is 4.88 Å². The van der Waals surface area contributed by atoms with Gasteiger partial charge < -0.3 is 5.11 Å². The maximum atomic E-state index is 9.93. The molecule has 1 N–H and O–H groups in total. The molecule has 2 aromatic heterocycles. The standard InChI is InChI=1S/C11H12BrNOS2/c1-7-13-9(6-15-7)3-10(14)4-11-2-8(12)5-16-11/h2,5-6,10,14H,3-4H2,1H3. The minimum Gasteiger partial charge on any atom is -0.392 e. The van der Waals surface area contributed by atoms with Crippen molar-refractivity contribution in [2.24, 2.45) is 0 Å². The van der Waals surface area contributed by atoms with Crippen LogP contribution in [0.25, 0.3) is 0 Å². The fourth-order valence-electron chi connectivity index (χ4n) is 1.51. The lowest BCUT2D eigenvalue weighted by atomic mass is 10.1. The lowest BCUT2D eigenvalue weighted by molar-refractivity contribution is 0.175. The van der Waals surface area contributed by atoms with Crippen LogP contribution in [0.5, 0.6) is 0 Å². The number of aromatic nitrogens is 1. The summed E-state index contributed by atoms with van der Waals surface area (Å²) < 4.78 is 1.09. The van der Waals surface area contributed by atoms with Crippen molar-refractivity contribution in [2.45, 2.75) is 25.9 Å². The van der Waals surface area contributed by atoms with Gasteiger partial charge in [-0.2, -0.15) is 0 Å². The third-order valence-electron chi connectivity index (χ3n) is 2.17. The molecule has 0 saturated heterocycles. The summed E-state index contributed by atoms with van der Waals surface area (Å²) in [7, 11) is 0. The Morgan fingerprint density at radius 2 is 2.19 bits per heavy atom. The molecule has 1 atom stereocenters. The molecule has 2 aromatic rings. The second kappa shape index (κ2) is 5.40. The topological polar surface area (TPSA) is 33.1 Å². The maximum absolute atomic E-state index is 9.93. The van der Waals surface area contributed by atoms with Crippen molar-refractivity contribution in [1.29, 1.82) is 0 Å². The zero-order valence-electron chi connectivity index (χ0n) is 8.81. The van der Waals surface area contributed by atoms with Crippen molar-refractivity contribution in [1.82, 2.24) is 4.98 Å². The van der Waals surface area contributed by atoms with Crippen LogP contribution in [0, 0.1) is 6.92 Å².